The topological polar surface area (TPSA) is 27.7 Å². The minimum Gasteiger partial charge on any atom is -0.427 e. The largest absolute Gasteiger partial charge is 0.427 e. The zero-order valence-electron chi connectivity index (χ0n) is 7.37. The second kappa shape index (κ2) is 4.61. The fraction of sp³-hybridized carbons (Fsp3) is 0.500. The van der Waals surface area contributed by atoms with Crippen LogP contribution in [0.15, 0.2) is 24.0 Å². The molecule has 12 heavy (non-hydrogen) atoms. The Morgan fingerprint density at radius 2 is 2.00 bits per heavy atom. The van der Waals surface area contributed by atoms with Crippen molar-refractivity contribution in [1.29, 1.82) is 0 Å². The van der Waals surface area contributed by atoms with E-state index in [1.165, 1.54) is 0 Å². The first-order valence-electron chi connectivity index (χ1n) is 3.76. The summed E-state index contributed by atoms with van der Waals surface area (Å²) in [6, 6.07) is 0. The first-order chi connectivity index (χ1) is 5.68. The van der Waals surface area contributed by atoms with Crippen LogP contribution in [0.5, 0.6) is 0 Å². The summed E-state index contributed by atoms with van der Waals surface area (Å²) < 4.78 is 15.5. The summed E-state index contributed by atoms with van der Waals surface area (Å²) in [6.45, 7) is 8.92. The molecule has 3 nitrogen and oxygen atoms in total. The molecule has 0 unspecified atom stereocenters. The molecule has 1 saturated heterocycles. The van der Waals surface area contributed by atoms with Gasteiger partial charge in [0.05, 0.1) is 13.2 Å². The maximum Gasteiger partial charge on any atom is 0.397 e. The number of allylic oxidation sites excluding steroid dienone is 2. The van der Waals surface area contributed by atoms with Crippen molar-refractivity contribution in [1.82, 2.24) is 0 Å². The highest BCUT2D eigenvalue weighted by Gasteiger charge is 2.20. The summed E-state index contributed by atoms with van der Waals surface area (Å²) >= 11 is 0. The summed E-state index contributed by atoms with van der Waals surface area (Å²) in [5.74, 6) is 0.600. The second-order valence-electron chi connectivity index (χ2n) is 2.67. The van der Waals surface area contributed by atoms with Gasteiger partial charge in [-0.2, -0.15) is 0 Å². The Balaban J connectivity index is 2.30. The predicted octanol–water partition coefficient (Wildman–Crippen LogP) is 2.76. The zero-order chi connectivity index (χ0) is 8.97. The molecule has 1 heterocycles. The summed E-state index contributed by atoms with van der Waals surface area (Å²) in [6.07, 6.45) is 1.85. The first-order valence-corrected chi connectivity index (χ1v) is 4.86. The molecule has 4 heteroatoms. The maximum atomic E-state index is 5.27. The van der Waals surface area contributed by atoms with E-state index >= 15 is 0 Å². The van der Waals surface area contributed by atoms with Crippen LogP contribution in [0.3, 0.4) is 0 Å². The van der Waals surface area contributed by atoms with Crippen molar-refractivity contribution in [3.8, 4) is 0 Å². The van der Waals surface area contributed by atoms with Crippen LogP contribution in [0.25, 0.3) is 0 Å². The molecule has 0 aromatic carbocycles. The van der Waals surface area contributed by atoms with Gasteiger partial charge in [0.2, 0.25) is 0 Å². The molecule has 0 radical (unpaired) electrons. The smallest absolute Gasteiger partial charge is 0.397 e. The minimum absolute atomic E-state index is 0.600. The van der Waals surface area contributed by atoms with Crippen LogP contribution >= 0.6 is 8.60 Å². The average Bonchev–Trinajstić information content (AvgIpc) is 2.37. The molecule has 0 amide bonds. The van der Waals surface area contributed by atoms with E-state index in [1.54, 1.807) is 0 Å². The van der Waals surface area contributed by atoms with E-state index in [9.17, 15) is 0 Å². The van der Waals surface area contributed by atoms with Gasteiger partial charge in [-0.1, -0.05) is 12.2 Å². The third-order valence-electron chi connectivity index (χ3n) is 1.12. The van der Waals surface area contributed by atoms with E-state index in [0.717, 1.165) is 5.57 Å². The van der Waals surface area contributed by atoms with Gasteiger partial charge in [-0.15, -0.1) is 0 Å². The van der Waals surface area contributed by atoms with Gasteiger partial charge in [0, 0.05) is 0 Å². The highest BCUT2D eigenvalue weighted by molar-refractivity contribution is 7.42. The van der Waals surface area contributed by atoms with Gasteiger partial charge in [0.15, 0.2) is 0 Å². The quantitative estimate of drug-likeness (QED) is 0.387. The average molecular weight is 188 g/mol. The van der Waals surface area contributed by atoms with E-state index < -0.39 is 8.60 Å². The van der Waals surface area contributed by atoms with Crippen molar-refractivity contribution >= 4 is 8.60 Å². The minimum atomic E-state index is -1.16. The Hall–Kier alpha value is -0.370. The van der Waals surface area contributed by atoms with Crippen LogP contribution in [0.4, 0.5) is 0 Å². The molecular weight excluding hydrogens is 175 g/mol. The van der Waals surface area contributed by atoms with Crippen molar-refractivity contribution in [3.63, 3.8) is 0 Å². The highest BCUT2D eigenvalue weighted by Crippen LogP contribution is 2.45. The van der Waals surface area contributed by atoms with Crippen molar-refractivity contribution in [2.24, 2.45) is 0 Å². The summed E-state index contributed by atoms with van der Waals surface area (Å²) in [4.78, 5) is 0. The molecule has 0 atom stereocenters. The molecule has 0 aromatic heterocycles. The molecule has 0 aliphatic carbocycles. The Kier molecular flexibility index (Phi) is 3.73. The van der Waals surface area contributed by atoms with E-state index in [0.29, 0.717) is 19.0 Å². The van der Waals surface area contributed by atoms with Gasteiger partial charge < -0.3 is 13.6 Å². The molecule has 1 fully saturated rings. The van der Waals surface area contributed by atoms with Crippen molar-refractivity contribution in [2.45, 2.75) is 13.8 Å². The first kappa shape index (κ1) is 9.72. The fourth-order valence-corrected chi connectivity index (χ4v) is 1.63. The van der Waals surface area contributed by atoms with Crippen LogP contribution in [0.2, 0.25) is 0 Å². The van der Waals surface area contributed by atoms with Crippen molar-refractivity contribution < 1.29 is 13.6 Å². The van der Waals surface area contributed by atoms with Crippen LogP contribution in [-0.4, -0.2) is 13.2 Å². The standard InChI is InChI=1S/C8H13O3P/c1-7(2)6-8(3)11-12-9-4-5-10-12/h6H,3-5H2,1-2H3. The maximum absolute atomic E-state index is 5.27. The second-order valence-corrected chi connectivity index (χ2v) is 3.82. The molecule has 0 spiro atoms. The lowest BCUT2D eigenvalue weighted by Gasteiger charge is -2.08. The monoisotopic (exact) mass is 188 g/mol. The number of hydrogen-bond acceptors (Lipinski definition) is 3. The van der Waals surface area contributed by atoms with Crippen LogP contribution < -0.4 is 0 Å². The van der Waals surface area contributed by atoms with E-state index in [4.69, 9.17) is 13.6 Å². The van der Waals surface area contributed by atoms with Crippen LogP contribution in [-0.2, 0) is 13.6 Å². The van der Waals surface area contributed by atoms with Gasteiger partial charge >= 0.3 is 8.60 Å². The molecule has 0 aromatic rings. The Labute approximate surface area is 74.0 Å². The predicted molar refractivity (Wildman–Crippen MR) is 48.5 cm³/mol. The van der Waals surface area contributed by atoms with Gasteiger partial charge in [-0.25, -0.2) is 0 Å². The third-order valence-corrected chi connectivity index (χ3v) is 2.29. The molecule has 0 saturated carbocycles. The number of hydrogen-bond donors (Lipinski definition) is 0. The Morgan fingerprint density at radius 3 is 2.50 bits per heavy atom. The lowest BCUT2D eigenvalue weighted by molar-refractivity contribution is 0.312. The summed E-state index contributed by atoms with van der Waals surface area (Å²) in [7, 11) is -1.16. The van der Waals surface area contributed by atoms with Gasteiger partial charge in [0.1, 0.15) is 5.76 Å². The Bertz CT molecular complexity index is 190. The fourth-order valence-electron chi connectivity index (χ4n) is 0.758. The molecule has 1 rings (SSSR count). The molecule has 1 aliphatic heterocycles. The van der Waals surface area contributed by atoms with E-state index in [2.05, 4.69) is 6.58 Å². The molecular formula is C8H13O3P. The summed E-state index contributed by atoms with van der Waals surface area (Å²) in [5.41, 5.74) is 1.15. The van der Waals surface area contributed by atoms with Crippen molar-refractivity contribution in [2.75, 3.05) is 13.2 Å². The molecule has 0 bridgehead atoms. The third kappa shape index (κ3) is 3.35. The molecule has 0 N–H and O–H groups in total. The van der Waals surface area contributed by atoms with E-state index in [-0.39, 0.29) is 0 Å². The van der Waals surface area contributed by atoms with Crippen molar-refractivity contribution in [3.05, 3.63) is 24.0 Å². The SMILES string of the molecule is C=C(C=C(C)C)OP1OCCO1. The van der Waals surface area contributed by atoms with Gasteiger partial charge in [-0.05, 0) is 19.9 Å². The normalized spacial score (nSPS) is 17.5. The van der Waals surface area contributed by atoms with Crippen LogP contribution in [0, 0.1) is 0 Å². The molecule has 68 valence electrons. The van der Waals surface area contributed by atoms with Gasteiger partial charge in [0.25, 0.3) is 0 Å². The lowest BCUT2D eigenvalue weighted by Crippen LogP contribution is -1.83. The molecule has 1 aliphatic rings. The summed E-state index contributed by atoms with van der Waals surface area (Å²) in [5, 5.41) is 0. The van der Waals surface area contributed by atoms with E-state index in [1.807, 2.05) is 19.9 Å². The highest BCUT2D eigenvalue weighted by atomic mass is 31.2. The Morgan fingerprint density at radius 1 is 1.42 bits per heavy atom. The van der Waals surface area contributed by atoms with Crippen LogP contribution in [0.1, 0.15) is 13.8 Å². The number of rotatable bonds is 3. The lowest BCUT2D eigenvalue weighted by atomic mass is 10.3. The van der Waals surface area contributed by atoms with Gasteiger partial charge in [-0.3, -0.25) is 0 Å². The zero-order valence-corrected chi connectivity index (χ0v) is 8.27.